The van der Waals surface area contributed by atoms with Crippen molar-refractivity contribution >= 4 is 45.2 Å². The lowest BCUT2D eigenvalue weighted by Crippen LogP contribution is -2.32. The lowest BCUT2D eigenvalue weighted by Gasteiger charge is -2.36. The number of fused-ring (bicyclic) bond motifs is 2. The summed E-state index contributed by atoms with van der Waals surface area (Å²) in [5.41, 5.74) is 6.26. The summed E-state index contributed by atoms with van der Waals surface area (Å²) in [6.45, 7) is 6.00. The van der Waals surface area contributed by atoms with E-state index in [0.29, 0.717) is 22.3 Å². The molecule has 2 aliphatic heterocycles. The van der Waals surface area contributed by atoms with Gasteiger partial charge in [0.1, 0.15) is 0 Å². The number of carbonyl (C=O) groups excluding carboxylic acids is 2. The number of unbranched alkanes of at least 4 members (excludes halogenated alkanes) is 2. The van der Waals surface area contributed by atoms with Gasteiger partial charge >= 0.3 is 0 Å². The number of benzene rings is 3. The van der Waals surface area contributed by atoms with E-state index >= 15 is 0 Å². The predicted octanol–water partition coefficient (Wildman–Crippen LogP) is 6.17. The monoisotopic (exact) mass is 606 g/mol. The summed E-state index contributed by atoms with van der Waals surface area (Å²) in [6.07, 6.45) is 11.8. The number of para-hydroxylation sites is 2. The fourth-order valence-corrected chi connectivity index (χ4v) is 6.69. The van der Waals surface area contributed by atoms with Gasteiger partial charge < -0.3 is 20.0 Å². The van der Waals surface area contributed by atoms with Crippen molar-refractivity contribution < 1.29 is 19.8 Å². The number of hydrogen-bond acceptors (Lipinski definition) is 6. The summed E-state index contributed by atoms with van der Waals surface area (Å²) < 4.78 is 0. The maximum absolute atomic E-state index is 13.6. The van der Waals surface area contributed by atoms with Crippen LogP contribution >= 0.6 is 0 Å². The Kier molecular flexibility index (Phi) is 7.57. The lowest BCUT2D eigenvalue weighted by molar-refractivity contribution is -0.298. The summed E-state index contributed by atoms with van der Waals surface area (Å²) in [5.74, 6) is -1.30. The van der Waals surface area contributed by atoms with E-state index in [4.69, 9.17) is 0 Å². The molecule has 2 aliphatic carbocycles. The third-order valence-corrected chi connectivity index (χ3v) is 9.15. The molecule has 0 unspecified atom stereocenters. The van der Waals surface area contributed by atoms with E-state index in [1.807, 2.05) is 73.1 Å². The summed E-state index contributed by atoms with van der Waals surface area (Å²) in [4.78, 5) is 31.5. The van der Waals surface area contributed by atoms with Crippen molar-refractivity contribution in [3.63, 3.8) is 0 Å². The maximum atomic E-state index is 13.6. The van der Waals surface area contributed by atoms with E-state index in [0.717, 1.165) is 61.3 Å². The molecule has 230 valence electrons. The second-order valence-corrected chi connectivity index (χ2v) is 12.0. The lowest BCUT2D eigenvalue weighted by atomic mass is 9.76. The van der Waals surface area contributed by atoms with Gasteiger partial charge in [0.25, 0.3) is 0 Å². The van der Waals surface area contributed by atoms with Crippen LogP contribution in [-0.4, -0.2) is 24.7 Å². The Labute approximate surface area is 269 Å². The second kappa shape index (κ2) is 11.9. The van der Waals surface area contributed by atoms with Crippen LogP contribution in [0.1, 0.15) is 61.8 Å². The van der Waals surface area contributed by atoms with Gasteiger partial charge in [-0.25, -0.2) is 0 Å². The van der Waals surface area contributed by atoms with Crippen molar-refractivity contribution in [3.05, 3.63) is 142 Å². The van der Waals surface area contributed by atoms with Gasteiger partial charge in [0, 0.05) is 70.3 Å². The molecule has 0 bridgehead atoms. The highest BCUT2D eigenvalue weighted by Crippen LogP contribution is 2.46. The van der Waals surface area contributed by atoms with E-state index in [1.165, 1.54) is 0 Å². The van der Waals surface area contributed by atoms with Gasteiger partial charge in [-0.3, -0.25) is 9.59 Å². The highest BCUT2D eigenvalue weighted by atomic mass is 16.3. The van der Waals surface area contributed by atoms with Crippen LogP contribution in [0, 0.1) is 0 Å². The van der Waals surface area contributed by atoms with Crippen molar-refractivity contribution in [1.82, 2.24) is 0 Å². The van der Waals surface area contributed by atoms with E-state index in [9.17, 15) is 19.8 Å². The van der Waals surface area contributed by atoms with Crippen LogP contribution in [0.3, 0.4) is 0 Å². The SMILES string of the molecule is CCCCN1C=CC(=C2C(=O)C(c3cccc(C4=C([O-])C(=C5C=CN(CCCC)c6ccccc65)C4=O)c3)=C2[O-])c2ccccc21. The van der Waals surface area contributed by atoms with Crippen molar-refractivity contribution in [2.75, 3.05) is 22.9 Å². The molecular formula is C40H34N2O4-2. The highest BCUT2D eigenvalue weighted by molar-refractivity contribution is 6.43. The van der Waals surface area contributed by atoms with E-state index in [-0.39, 0.29) is 45.4 Å². The predicted molar refractivity (Wildman–Crippen MR) is 180 cm³/mol. The van der Waals surface area contributed by atoms with Crippen LogP contribution in [0.25, 0.3) is 22.3 Å². The molecule has 6 heteroatoms. The van der Waals surface area contributed by atoms with Gasteiger partial charge in [-0.2, -0.15) is 0 Å². The normalized spacial score (nSPS) is 20.2. The molecule has 0 fully saturated rings. The van der Waals surface area contributed by atoms with Crippen LogP contribution in [0.2, 0.25) is 0 Å². The Morgan fingerprint density at radius 3 is 1.41 bits per heavy atom. The standard InChI is InChI=1S/C40H36N2O4/c1-3-5-20-41-22-18-29(27-14-7-9-16-31(27)41)35-37(43)33(38(35)44)25-12-11-13-26(24-25)34-39(45)36(40(34)46)30-19-23-42(21-6-4-2)32-17-10-8-15-28(30)32/h7-19,22-24,43,45H,3-6,20-21H2,1-2H3/p-2. The van der Waals surface area contributed by atoms with Gasteiger partial charge in [-0.1, -0.05) is 92.8 Å². The molecule has 0 aromatic heterocycles. The molecule has 2 heterocycles. The van der Waals surface area contributed by atoms with Crippen molar-refractivity contribution in [2.45, 2.75) is 39.5 Å². The largest absolute Gasteiger partial charge is 0.871 e. The van der Waals surface area contributed by atoms with E-state index in [1.54, 1.807) is 24.3 Å². The number of rotatable bonds is 8. The zero-order valence-corrected chi connectivity index (χ0v) is 26.0. The fraction of sp³-hybridized carbons (Fsp3) is 0.200. The molecule has 0 N–H and O–H groups in total. The highest BCUT2D eigenvalue weighted by Gasteiger charge is 2.35. The number of nitrogens with zero attached hydrogens (tertiary/aromatic N) is 2. The maximum Gasteiger partial charge on any atom is 0.193 e. The number of anilines is 2. The molecule has 3 aromatic carbocycles. The average molecular weight is 607 g/mol. The number of allylic oxidation sites excluding steroid dienone is 8. The fourth-order valence-electron chi connectivity index (χ4n) is 6.69. The second-order valence-electron chi connectivity index (χ2n) is 12.0. The first-order chi connectivity index (χ1) is 22.4. The zero-order chi connectivity index (χ0) is 31.9. The van der Waals surface area contributed by atoms with Crippen LogP contribution in [0.15, 0.2) is 120 Å². The molecule has 46 heavy (non-hydrogen) atoms. The molecule has 0 amide bonds. The summed E-state index contributed by atoms with van der Waals surface area (Å²) >= 11 is 0. The quantitative estimate of drug-likeness (QED) is 0.285. The average Bonchev–Trinajstić information content (AvgIpc) is 3.08. The van der Waals surface area contributed by atoms with Crippen molar-refractivity contribution in [3.8, 4) is 0 Å². The first kappa shape index (κ1) is 29.4. The molecule has 4 aliphatic rings. The van der Waals surface area contributed by atoms with Crippen molar-refractivity contribution in [2.24, 2.45) is 0 Å². The Morgan fingerprint density at radius 2 is 1.00 bits per heavy atom. The molecule has 3 aromatic rings. The number of hydrogen-bond donors (Lipinski definition) is 0. The minimum Gasteiger partial charge on any atom is -0.871 e. The zero-order valence-electron chi connectivity index (χ0n) is 26.0. The molecule has 0 atom stereocenters. The molecule has 0 saturated carbocycles. The third kappa shape index (κ3) is 4.64. The van der Waals surface area contributed by atoms with Crippen LogP contribution in [-0.2, 0) is 9.59 Å². The first-order valence-electron chi connectivity index (χ1n) is 16.0. The molecule has 7 rings (SSSR count). The van der Waals surface area contributed by atoms with Gasteiger partial charge in [0.2, 0.25) is 0 Å². The van der Waals surface area contributed by atoms with E-state index < -0.39 is 0 Å². The molecular weight excluding hydrogens is 572 g/mol. The molecule has 6 nitrogen and oxygen atoms in total. The van der Waals surface area contributed by atoms with E-state index in [2.05, 4.69) is 23.6 Å². The summed E-state index contributed by atoms with van der Waals surface area (Å²) in [7, 11) is 0. The van der Waals surface area contributed by atoms with Gasteiger partial charge in [0.05, 0.1) is 0 Å². The number of carbonyl (C=O) groups is 2. The Hall–Kier alpha value is -5.36. The van der Waals surface area contributed by atoms with Crippen LogP contribution < -0.4 is 20.0 Å². The van der Waals surface area contributed by atoms with Gasteiger partial charge in [-0.05, 0) is 65.5 Å². The van der Waals surface area contributed by atoms with Crippen LogP contribution in [0.5, 0.6) is 0 Å². The Bertz CT molecular complexity index is 1850. The smallest absolute Gasteiger partial charge is 0.193 e. The van der Waals surface area contributed by atoms with Gasteiger partial charge in [-0.15, -0.1) is 0 Å². The first-order valence-corrected chi connectivity index (χ1v) is 16.0. The Balaban J connectivity index is 1.23. The van der Waals surface area contributed by atoms with Crippen LogP contribution in [0.4, 0.5) is 11.4 Å². The van der Waals surface area contributed by atoms with Gasteiger partial charge in [0.15, 0.2) is 11.6 Å². The molecule has 0 spiro atoms. The van der Waals surface area contributed by atoms with Crippen molar-refractivity contribution in [1.29, 1.82) is 0 Å². The third-order valence-electron chi connectivity index (χ3n) is 9.15. The summed E-state index contributed by atoms with van der Waals surface area (Å²) in [6, 6.07) is 22.3. The molecule has 0 saturated heterocycles. The minimum atomic E-state index is -0.325. The number of Topliss-reactive ketones (excluding diaryl/α,β-unsaturated/α-hetero) is 2. The molecule has 0 radical (unpaired) electrons. The Morgan fingerprint density at radius 1 is 0.565 bits per heavy atom. The minimum absolute atomic E-state index is 0.0818. The summed E-state index contributed by atoms with van der Waals surface area (Å²) in [5, 5.41) is 27.1. The number of ketones is 2. The topological polar surface area (TPSA) is 86.7 Å².